The number of hydrogen-bond acceptors (Lipinski definition) is 5. The maximum Gasteiger partial charge on any atom is 0.306 e. The van der Waals surface area contributed by atoms with E-state index < -0.39 is 6.10 Å². The highest BCUT2D eigenvalue weighted by Crippen LogP contribution is 2.13. The summed E-state index contributed by atoms with van der Waals surface area (Å²) >= 11 is 0. The van der Waals surface area contributed by atoms with Crippen molar-refractivity contribution in [1.29, 1.82) is 0 Å². The zero-order valence-electron chi connectivity index (χ0n) is 36.9. The van der Waals surface area contributed by atoms with E-state index in [1.807, 2.05) is 0 Å². The summed E-state index contributed by atoms with van der Waals surface area (Å²) in [4.78, 5) is 25.2. The van der Waals surface area contributed by atoms with Crippen LogP contribution in [0.5, 0.6) is 0 Å². The van der Waals surface area contributed by atoms with Crippen LogP contribution in [-0.4, -0.2) is 37.9 Å². The topological polar surface area (TPSA) is 61.8 Å². The molecule has 5 nitrogen and oxygen atoms in total. The number of unbranched alkanes of at least 4 members (excludes halogenated alkanes) is 19. The molecular weight excluding hydrogens is 693 g/mol. The molecule has 0 rings (SSSR count). The molecule has 0 fully saturated rings. The molecule has 0 aliphatic rings. The average Bonchev–Trinajstić information content (AvgIpc) is 3.20. The molecule has 0 spiro atoms. The molecule has 0 radical (unpaired) electrons. The van der Waals surface area contributed by atoms with E-state index >= 15 is 0 Å². The Morgan fingerprint density at radius 3 is 1.36 bits per heavy atom. The number of carbonyl (C=O) groups is 2. The highest BCUT2D eigenvalue weighted by molar-refractivity contribution is 5.70. The first-order chi connectivity index (χ1) is 27.6. The summed E-state index contributed by atoms with van der Waals surface area (Å²) in [5, 5.41) is 0. The van der Waals surface area contributed by atoms with Crippen molar-refractivity contribution in [3.05, 3.63) is 72.9 Å². The normalized spacial score (nSPS) is 12.8. The zero-order chi connectivity index (χ0) is 40.7. The fourth-order valence-corrected chi connectivity index (χ4v) is 6.22. The van der Waals surface area contributed by atoms with Gasteiger partial charge in [-0.2, -0.15) is 0 Å². The summed E-state index contributed by atoms with van der Waals surface area (Å²) in [6, 6.07) is 0. The van der Waals surface area contributed by atoms with Crippen molar-refractivity contribution in [3.63, 3.8) is 0 Å². The number of ether oxygens (including phenoxy) is 3. The molecule has 1 atom stereocenters. The second-order valence-corrected chi connectivity index (χ2v) is 15.3. The Labute approximate surface area is 347 Å². The lowest BCUT2D eigenvalue weighted by Crippen LogP contribution is -2.30. The number of esters is 2. The minimum atomic E-state index is -0.550. The fraction of sp³-hybridized carbons (Fsp3) is 0.725. The van der Waals surface area contributed by atoms with Gasteiger partial charge in [-0.25, -0.2) is 0 Å². The van der Waals surface area contributed by atoms with Crippen molar-refractivity contribution in [2.45, 2.75) is 219 Å². The van der Waals surface area contributed by atoms with Crippen LogP contribution in [0, 0.1) is 0 Å². The Morgan fingerprint density at radius 2 is 0.821 bits per heavy atom. The van der Waals surface area contributed by atoms with E-state index in [9.17, 15) is 9.59 Å². The third kappa shape index (κ3) is 44.1. The molecule has 0 aromatic rings. The molecule has 0 amide bonds. The van der Waals surface area contributed by atoms with Gasteiger partial charge >= 0.3 is 11.9 Å². The Morgan fingerprint density at radius 1 is 0.411 bits per heavy atom. The predicted octanol–water partition coefficient (Wildman–Crippen LogP) is 15.6. The molecular formula is C51H88O5. The van der Waals surface area contributed by atoms with Crippen LogP contribution in [0.25, 0.3) is 0 Å². The summed E-state index contributed by atoms with van der Waals surface area (Å²) in [5.41, 5.74) is 0. The Bertz CT molecular complexity index is 1020. The molecule has 0 aromatic heterocycles. The standard InChI is InChI=1S/C51H88O5/c1-4-7-10-13-16-19-21-22-23-24-25-26-27-28-29-31-34-37-40-43-46-54-47-49(56-51(53)45-42-39-36-32-18-15-12-9-6-3)48-55-50(52)44-41-38-35-33-30-20-17-14-11-8-5-2/h7,10,14,16-17,19,22-23,25-26,28-29,49H,4-6,8-9,11-13,15,18,20-21,24,27,30-48H2,1-3H3/b10-7-,17-14-,19-16-,23-22-,26-25-,29-28-. The average molecular weight is 781 g/mol. The number of allylic oxidation sites excluding steroid dienone is 12. The predicted molar refractivity (Wildman–Crippen MR) is 242 cm³/mol. The first-order valence-electron chi connectivity index (χ1n) is 23.5. The molecule has 0 aliphatic heterocycles. The molecule has 0 N–H and O–H groups in total. The van der Waals surface area contributed by atoms with E-state index in [0.29, 0.717) is 19.4 Å². The lowest BCUT2D eigenvalue weighted by Gasteiger charge is -2.18. The third-order valence-electron chi connectivity index (χ3n) is 9.73. The molecule has 0 bridgehead atoms. The number of rotatable bonds is 42. The van der Waals surface area contributed by atoms with Gasteiger partial charge in [0.05, 0.1) is 6.61 Å². The lowest BCUT2D eigenvalue weighted by molar-refractivity contribution is -0.163. The van der Waals surface area contributed by atoms with E-state index in [-0.39, 0.29) is 25.2 Å². The molecule has 0 heterocycles. The highest BCUT2D eigenvalue weighted by Gasteiger charge is 2.17. The molecule has 322 valence electrons. The van der Waals surface area contributed by atoms with Gasteiger partial charge in [0.15, 0.2) is 6.10 Å². The molecule has 1 unspecified atom stereocenters. The first kappa shape index (κ1) is 53.3. The van der Waals surface area contributed by atoms with E-state index in [2.05, 4.69) is 93.7 Å². The van der Waals surface area contributed by atoms with Gasteiger partial charge in [0.2, 0.25) is 0 Å². The van der Waals surface area contributed by atoms with Crippen LogP contribution in [-0.2, 0) is 23.8 Å². The summed E-state index contributed by atoms with van der Waals surface area (Å²) in [5.74, 6) is -0.427. The fourth-order valence-electron chi connectivity index (χ4n) is 6.22. The Kier molecular flexibility index (Phi) is 44.5. The zero-order valence-corrected chi connectivity index (χ0v) is 36.9. The van der Waals surface area contributed by atoms with E-state index in [1.54, 1.807) is 0 Å². The maximum absolute atomic E-state index is 12.7. The van der Waals surface area contributed by atoms with Crippen LogP contribution in [0.2, 0.25) is 0 Å². The lowest BCUT2D eigenvalue weighted by atomic mass is 10.1. The van der Waals surface area contributed by atoms with Crippen LogP contribution in [0.15, 0.2) is 72.9 Å². The van der Waals surface area contributed by atoms with E-state index in [4.69, 9.17) is 14.2 Å². The van der Waals surface area contributed by atoms with Crippen LogP contribution in [0.4, 0.5) is 0 Å². The maximum atomic E-state index is 12.7. The van der Waals surface area contributed by atoms with Crippen LogP contribution in [0.1, 0.15) is 213 Å². The van der Waals surface area contributed by atoms with Crippen LogP contribution >= 0.6 is 0 Å². The smallest absolute Gasteiger partial charge is 0.306 e. The van der Waals surface area contributed by atoms with Gasteiger partial charge in [-0.05, 0) is 83.5 Å². The SMILES string of the molecule is CC/C=C\C/C=C\C/C=C\C/C=C\C/C=C\CCCCCCOCC(COC(=O)CCCCCCC/C=C\CCCC)OC(=O)CCCCCCCCCCC. The van der Waals surface area contributed by atoms with Gasteiger partial charge in [-0.15, -0.1) is 0 Å². The third-order valence-corrected chi connectivity index (χ3v) is 9.73. The number of carbonyl (C=O) groups excluding carboxylic acids is 2. The number of hydrogen-bond donors (Lipinski definition) is 0. The van der Waals surface area contributed by atoms with Crippen molar-refractivity contribution in [2.24, 2.45) is 0 Å². The Hall–Kier alpha value is -2.66. The van der Waals surface area contributed by atoms with Crippen molar-refractivity contribution in [1.82, 2.24) is 0 Å². The minimum absolute atomic E-state index is 0.0694. The second kappa shape index (κ2) is 46.7. The highest BCUT2D eigenvalue weighted by atomic mass is 16.6. The molecule has 0 aliphatic carbocycles. The monoisotopic (exact) mass is 781 g/mol. The molecule has 56 heavy (non-hydrogen) atoms. The molecule has 0 aromatic carbocycles. The van der Waals surface area contributed by atoms with Gasteiger partial charge in [0, 0.05) is 19.4 Å². The van der Waals surface area contributed by atoms with Gasteiger partial charge < -0.3 is 14.2 Å². The van der Waals surface area contributed by atoms with E-state index in [0.717, 1.165) is 89.9 Å². The van der Waals surface area contributed by atoms with Crippen molar-refractivity contribution in [2.75, 3.05) is 19.8 Å². The van der Waals surface area contributed by atoms with Crippen molar-refractivity contribution in [3.8, 4) is 0 Å². The minimum Gasteiger partial charge on any atom is -0.462 e. The van der Waals surface area contributed by atoms with Gasteiger partial charge in [0.1, 0.15) is 6.61 Å². The van der Waals surface area contributed by atoms with Crippen LogP contribution < -0.4 is 0 Å². The summed E-state index contributed by atoms with van der Waals surface area (Å²) < 4.78 is 17.3. The summed E-state index contributed by atoms with van der Waals surface area (Å²) in [7, 11) is 0. The van der Waals surface area contributed by atoms with Gasteiger partial charge in [-0.1, -0.05) is 190 Å². The first-order valence-corrected chi connectivity index (χ1v) is 23.5. The summed E-state index contributed by atoms with van der Waals surface area (Å²) in [6.45, 7) is 7.59. The van der Waals surface area contributed by atoms with E-state index in [1.165, 1.54) is 89.9 Å². The largest absolute Gasteiger partial charge is 0.462 e. The van der Waals surface area contributed by atoms with Gasteiger partial charge in [-0.3, -0.25) is 9.59 Å². The summed E-state index contributed by atoms with van der Waals surface area (Å²) in [6.07, 6.45) is 59.1. The van der Waals surface area contributed by atoms with Crippen molar-refractivity contribution >= 4 is 11.9 Å². The van der Waals surface area contributed by atoms with Crippen molar-refractivity contribution < 1.29 is 23.8 Å². The molecule has 5 heteroatoms. The quantitative estimate of drug-likeness (QED) is 0.0351. The molecule has 0 saturated heterocycles. The van der Waals surface area contributed by atoms with Crippen LogP contribution in [0.3, 0.4) is 0 Å². The second-order valence-electron chi connectivity index (χ2n) is 15.3. The Balaban J connectivity index is 4.25. The van der Waals surface area contributed by atoms with Gasteiger partial charge in [0.25, 0.3) is 0 Å². The molecule has 0 saturated carbocycles.